The van der Waals surface area contributed by atoms with Crippen LogP contribution in [0.2, 0.25) is 0 Å². The van der Waals surface area contributed by atoms with Crippen LogP contribution in [-0.4, -0.2) is 63.8 Å². The summed E-state index contributed by atoms with van der Waals surface area (Å²) in [5, 5.41) is 29.5. The van der Waals surface area contributed by atoms with E-state index in [2.05, 4.69) is 42.2 Å². The molecule has 0 saturated carbocycles. The minimum atomic E-state index is -0.438. The van der Waals surface area contributed by atoms with Crippen molar-refractivity contribution in [2.45, 2.75) is 24.3 Å². The average Bonchev–Trinajstić information content (AvgIpc) is 3.33. The fourth-order valence-electron chi connectivity index (χ4n) is 4.13. The number of aromatic nitrogens is 2. The molecule has 2 heterocycles. The number of ether oxygens (including phenoxy) is 1. The van der Waals surface area contributed by atoms with Gasteiger partial charge < -0.3 is 25.8 Å². The number of hydrogen-bond donors (Lipinski definition) is 4. The third-order valence-electron chi connectivity index (χ3n) is 6.09. The van der Waals surface area contributed by atoms with Gasteiger partial charge in [-0.3, -0.25) is 0 Å². The van der Waals surface area contributed by atoms with E-state index in [1.807, 2.05) is 49.5 Å². The normalized spacial score (nSPS) is 19.0. The number of aliphatic hydroxyl groups is 1. The first kappa shape index (κ1) is 24.8. The van der Waals surface area contributed by atoms with Crippen LogP contribution in [0, 0.1) is 17.2 Å². The standard InChI is InChI=1S/C26H29N6O2Si/c1-28-11-10-24(17-5-3-2-4-6-17)34-23-8-7-18(13-19(23)14-27)21-9-12-30-26(31-21)32-25(35)20-15-29-16-22(20)33/h2-9,12-13,20,22,24-25,28-29,33H,10-11,15-16H2,1H3,(H,30,31,32)/t20-,22-,24+,25?/m0/s1. The highest BCUT2D eigenvalue weighted by Crippen LogP contribution is 2.30. The van der Waals surface area contributed by atoms with Crippen LogP contribution in [0.4, 0.5) is 5.95 Å². The van der Waals surface area contributed by atoms with Crippen LogP contribution in [-0.2, 0) is 0 Å². The second-order valence-corrected chi connectivity index (χ2v) is 9.13. The fraction of sp³-hybridized carbons (Fsp3) is 0.346. The van der Waals surface area contributed by atoms with Gasteiger partial charge in [0.05, 0.1) is 27.6 Å². The molecule has 9 heteroatoms. The van der Waals surface area contributed by atoms with Crippen LogP contribution >= 0.6 is 0 Å². The summed E-state index contributed by atoms with van der Waals surface area (Å²) < 4.78 is 6.32. The molecule has 4 atom stereocenters. The SMILES string of the molecule is CNCC[C@@H](Oc1ccc(-c2ccnc(NC([Si])[C@H]3CNC[C@@H]3O)n2)cc1C#N)c1ccccc1. The second kappa shape index (κ2) is 11.9. The number of anilines is 1. The first-order valence-corrected chi connectivity index (χ1v) is 12.3. The highest BCUT2D eigenvalue weighted by atomic mass is 28.1. The van der Waals surface area contributed by atoms with Gasteiger partial charge in [-0.05, 0) is 43.4 Å². The molecule has 1 aliphatic heterocycles. The summed E-state index contributed by atoms with van der Waals surface area (Å²) in [5.74, 6) is 0.981. The van der Waals surface area contributed by atoms with Gasteiger partial charge in [-0.2, -0.15) is 5.26 Å². The van der Waals surface area contributed by atoms with Gasteiger partial charge in [-0.25, -0.2) is 9.97 Å². The molecule has 1 fully saturated rings. The number of rotatable bonds is 10. The van der Waals surface area contributed by atoms with Gasteiger partial charge in [0.1, 0.15) is 17.9 Å². The van der Waals surface area contributed by atoms with Crippen molar-refractivity contribution >= 4 is 16.2 Å². The maximum Gasteiger partial charge on any atom is 0.223 e. The Morgan fingerprint density at radius 3 is 2.77 bits per heavy atom. The topological polar surface area (TPSA) is 115 Å². The first-order valence-electron chi connectivity index (χ1n) is 11.7. The van der Waals surface area contributed by atoms with E-state index in [9.17, 15) is 10.4 Å². The number of aliphatic hydroxyl groups excluding tert-OH is 1. The average molecular weight is 486 g/mol. The zero-order valence-electron chi connectivity index (χ0n) is 19.6. The zero-order valence-corrected chi connectivity index (χ0v) is 20.6. The maximum absolute atomic E-state index is 10.1. The van der Waals surface area contributed by atoms with Gasteiger partial charge in [0, 0.05) is 42.9 Å². The fourth-order valence-corrected chi connectivity index (χ4v) is 4.60. The van der Waals surface area contributed by atoms with Crippen molar-refractivity contribution in [1.82, 2.24) is 20.6 Å². The molecule has 3 aromatic rings. The van der Waals surface area contributed by atoms with E-state index in [0.29, 0.717) is 36.0 Å². The molecule has 1 aliphatic rings. The number of nitriles is 1. The predicted molar refractivity (Wildman–Crippen MR) is 136 cm³/mol. The van der Waals surface area contributed by atoms with Gasteiger partial charge in [0.2, 0.25) is 5.95 Å². The van der Waals surface area contributed by atoms with Gasteiger partial charge in [-0.15, -0.1) is 0 Å². The maximum atomic E-state index is 10.1. The summed E-state index contributed by atoms with van der Waals surface area (Å²) in [7, 11) is 5.57. The molecular formula is C26H29N6O2Si. The Hall–Kier alpha value is -3.29. The molecule has 2 aromatic carbocycles. The molecule has 8 nitrogen and oxygen atoms in total. The van der Waals surface area contributed by atoms with Gasteiger partial charge >= 0.3 is 0 Å². The van der Waals surface area contributed by atoms with Crippen LogP contribution in [0.3, 0.4) is 0 Å². The summed E-state index contributed by atoms with van der Waals surface area (Å²) in [6.07, 6.45) is 1.83. The number of β-amino-alcohol motifs (C(OH)–C–C–N with tert-alkyl or cyclic N) is 1. The molecule has 1 unspecified atom stereocenters. The molecule has 4 N–H and O–H groups in total. The van der Waals surface area contributed by atoms with Crippen molar-refractivity contribution in [3.8, 4) is 23.1 Å². The highest BCUT2D eigenvalue weighted by molar-refractivity contribution is 6.13. The molecule has 4 rings (SSSR count). The molecule has 179 valence electrons. The molecule has 3 radical (unpaired) electrons. The Kier molecular flexibility index (Phi) is 8.44. The minimum Gasteiger partial charge on any atom is -0.484 e. The van der Waals surface area contributed by atoms with E-state index < -0.39 is 6.10 Å². The summed E-state index contributed by atoms with van der Waals surface area (Å²) in [6.45, 7) is 2.06. The van der Waals surface area contributed by atoms with Gasteiger partial charge in [-0.1, -0.05) is 30.3 Å². The summed E-state index contributed by atoms with van der Waals surface area (Å²) in [4.78, 5) is 8.93. The molecular weight excluding hydrogens is 456 g/mol. The minimum absolute atomic E-state index is 0.000940. The summed E-state index contributed by atoms with van der Waals surface area (Å²) in [5.41, 5.74) is 2.80. The molecule has 0 aliphatic carbocycles. The molecule has 35 heavy (non-hydrogen) atoms. The van der Waals surface area contributed by atoms with E-state index >= 15 is 0 Å². The lowest BCUT2D eigenvalue weighted by molar-refractivity contribution is 0.148. The third kappa shape index (κ3) is 6.23. The van der Waals surface area contributed by atoms with Crippen LogP contribution in [0.25, 0.3) is 11.3 Å². The van der Waals surface area contributed by atoms with E-state index in [-0.39, 0.29) is 17.7 Å². The number of benzene rings is 2. The zero-order chi connectivity index (χ0) is 24.6. The second-order valence-electron chi connectivity index (χ2n) is 8.51. The van der Waals surface area contributed by atoms with Crippen molar-refractivity contribution < 1.29 is 9.84 Å². The van der Waals surface area contributed by atoms with E-state index in [1.165, 1.54) is 0 Å². The Labute approximate surface area is 209 Å². The van der Waals surface area contributed by atoms with E-state index in [4.69, 9.17) is 4.74 Å². The molecule has 1 aromatic heterocycles. The van der Waals surface area contributed by atoms with Crippen LogP contribution in [0.1, 0.15) is 23.7 Å². The Morgan fingerprint density at radius 2 is 2.06 bits per heavy atom. The van der Waals surface area contributed by atoms with Crippen LogP contribution in [0.15, 0.2) is 60.8 Å². The van der Waals surface area contributed by atoms with Crippen LogP contribution in [0.5, 0.6) is 5.75 Å². The molecule has 0 amide bonds. The Bertz CT molecular complexity index is 1160. The molecule has 1 saturated heterocycles. The molecule has 0 spiro atoms. The number of nitrogens with zero attached hydrogens (tertiary/aromatic N) is 3. The van der Waals surface area contributed by atoms with E-state index in [1.54, 1.807) is 18.3 Å². The Balaban J connectivity index is 1.53. The number of nitrogens with one attached hydrogen (secondary N) is 3. The van der Waals surface area contributed by atoms with Crippen LogP contribution < -0.4 is 20.7 Å². The quantitative estimate of drug-likeness (QED) is 0.323. The summed E-state index contributed by atoms with van der Waals surface area (Å²) >= 11 is 0. The van der Waals surface area contributed by atoms with Gasteiger partial charge in [0.25, 0.3) is 0 Å². The van der Waals surface area contributed by atoms with Crippen molar-refractivity contribution in [3.05, 3.63) is 71.9 Å². The molecule has 0 bridgehead atoms. The lowest BCUT2D eigenvalue weighted by Gasteiger charge is -2.23. The first-order chi connectivity index (χ1) is 17.1. The van der Waals surface area contributed by atoms with Gasteiger partial charge in [0.15, 0.2) is 0 Å². The highest BCUT2D eigenvalue weighted by Gasteiger charge is 2.30. The van der Waals surface area contributed by atoms with Crippen molar-refractivity contribution in [2.75, 3.05) is 32.0 Å². The summed E-state index contributed by atoms with van der Waals surface area (Å²) in [6, 6.07) is 19.6. The van der Waals surface area contributed by atoms with Crippen molar-refractivity contribution in [2.24, 2.45) is 5.92 Å². The largest absolute Gasteiger partial charge is 0.484 e. The van der Waals surface area contributed by atoms with Crippen molar-refractivity contribution in [1.29, 1.82) is 5.26 Å². The van der Waals surface area contributed by atoms with E-state index in [0.717, 1.165) is 24.1 Å². The lowest BCUT2D eigenvalue weighted by Crippen LogP contribution is -2.37. The predicted octanol–water partition coefficient (Wildman–Crippen LogP) is 2.23. The lowest BCUT2D eigenvalue weighted by atomic mass is 10.0. The van der Waals surface area contributed by atoms with Crippen molar-refractivity contribution in [3.63, 3.8) is 0 Å². The monoisotopic (exact) mass is 485 g/mol. The Morgan fingerprint density at radius 1 is 1.23 bits per heavy atom. The smallest absolute Gasteiger partial charge is 0.223 e. The third-order valence-corrected chi connectivity index (χ3v) is 6.66. The number of hydrogen-bond acceptors (Lipinski definition) is 8.